The van der Waals surface area contributed by atoms with Gasteiger partial charge >= 0.3 is 12.1 Å². The predicted molar refractivity (Wildman–Crippen MR) is 40.6 cm³/mol. The summed E-state index contributed by atoms with van der Waals surface area (Å²) in [5, 5.41) is 20.5. The molecule has 0 radical (unpaired) electrons. The third-order valence-corrected chi connectivity index (χ3v) is 1.28. The smallest absolute Gasteiger partial charge is 0.330 e. The number of azo groups is 2. The molecule has 0 saturated heterocycles. The first-order valence-electron chi connectivity index (χ1n) is 3.81. The van der Waals surface area contributed by atoms with Gasteiger partial charge < -0.3 is 5.11 Å². The van der Waals surface area contributed by atoms with Crippen LogP contribution in [0.2, 0.25) is 0 Å². The summed E-state index contributed by atoms with van der Waals surface area (Å²) in [4.78, 5) is 5.96. The number of hydrogen-bond acceptors (Lipinski definition) is 6. The third kappa shape index (κ3) is 2.71. The van der Waals surface area contributed by atoms with Crippen LogP contribution in [0.1, 0.15) is 13.8 Å². The highest BCUT2D eigenvalue weighted by Gasteiger charge is 2.37. The SMILES string of the molecule is CN=NC1N=[N+](C(C)(C)O)OCO1. The summed E-state index contributed by atoms with van der Waals surface area (Å²) in [7, 11) is 1.52. The molecule has 0 bridgehead atoms. The second-order valence-corrected chi connectivity index (χ2v) is 2.94. The van der Waals surface area contributed by atoms with Crippen LogP contribution in [-0.4, -0.2) is 35.9 Å². The maximum atomic E-state index is 9.51. The van der Waals surface area contributed by atoms with Gasteiger partial charge in [-0.1, -0.05) is 0 Å². The highest BCUT2D eigenvalue weighted by molar-refractivity contribution is 4.44. The Labute approximate surface area is 75.6 Å². The molecule has 0 aromatic heterocycles. The minimum atomic E-state index is -1.19. The van der Waals surface area contributed by atoms with E-state index in [1.165, 1.54) is 7.05 Å². The summed E-state index contributed by atoms with van der Waals surface area (Å²) in [6, 6.07) is 0. The van der Waals surface area contributed by atoms with Gasteiger partial charge in [0.15, 0.2) is 0 Å². The second kappa shape index (κ2) is 3.75. The molecule has 1 aliphatic rings. The van der Waals surface area contributed by atoms with Crippen LogP contribution < -0.4 is 0 Å². The second-order valence-electron chi connectivity index (χ2n) is 2.94. The van der Waals surface area contributed by atoms with E-state index in [9.17, 15) is 5.11 Å². The van der Waals surface area contributed by atoms with E-state index in [-0.39, 0.29) is 6.79 Å². The van der Waals surface area contributed by atoms with Gasteiger partial charge in [-0.05, 0) is 0 Å². The Morgan fingerprint density at radius 1 is 1.62 bits per heavy atom. The van der Waals surface area contributed by atoms with Crippen LogP contribution in [0, 0.1) is 0 Å². The number of hydroxylamine groups is 1. The van der Waals surface area contributed by atoms with Crippen LogP contribution in [0.15, 0.2) is 15.3 Å². The van der Waals surface area contributed by atoms with Crippen LogP contribution in [0.4, 0.5) is 0 Å². The lowest BCUT2D eigenvalue weighted by atomic mass is 10.3. The number of rotatable bonds is 2. The van der Waals surface area contributed by atoms with E-state index >= 15 is 0 Å². The summed E-state index contributed by atoms with van der Waals surface area (Å²) >= 11 is 0. The minimum absolute atomic E-state index is 0.00280. The Morgan fingerprint density at radius 3 is 2.85 bits per heavy atom. The Bertz CT molecular complexity index is 233. The maximum Gasteiger partial charge on any atom is 0.335 e. The molecular weight excluding hydrogens is 176 g/mol. The van der Waals surface area contributed by atoms with E-state index in [0.29, 0.717) is 0 Å². The molecule has 0 aliphatic carbocycles. The van der Waals surface area contributed by atoms with Gasteiger partial charge in [-0.3, -0.25) is 4.74 Å². The zero-order chi connectivity index (χ0) is 9.90. The largest absolute Gasteiger partial charge is 0.335 e. The Morgan fingerprint density at radius 2 is 2.31 bits per heavy atom. The first kappa shape index (κ1) is 10.0. The molecule has 1 N–H and O–H groups in total. The summed E-state index contributed by atoms with van der Waals surface area (Å²) in [5.74, 6) is 0. The molecule has 1 atom stereocenters. The number of hydrogen-bond donors (Lipinski definition) is 1. The summed E-state index contributed by atoms with van der Waals surface area (Å²) < 4.78 is 4.94. The summed E-state index contributed by atoms with van der Waals surface area (Å²) in [6.45, 7) is 3.08. The Hall–Kier alpha value is -1.08. The fourth-order valence-electron chi connectivity index (χ4n) is 0.752. The van der Waals surface area contributed by atoms with Crippen molar-refractivity contribution in [3.05, 3.63) is 0 Å². The first-order valence-corrected chi connectivity index (χ1v) is 3.81. The first-order chi connectivity index (χ1) is 6.04. The lowest BCUT2D eigenvalue weighted by molar-refractivity contribution is -0.919. The van der Waals surface area contributed by atoms with Crippen LogP contribution in [0.5, 0.6) is 0 Å². The van der Waals surface area contributed by atoms with Crippen LogP contribution in [0.25, 0.3) is 0 Å². The molecule has 0 spiro atoms. The van der Waals surface area contributed by atoms with Gasteiger partial charge in [0.1, 0.15) is 4.86 Å². The summed E-state index contributed by atoms with van der Waals surface area (Å²) in [6.07, 6.45) is -0.731. The van der Waals surface area contributed by atoms with Gasteiger partial charge in [-0.25, -0.2) is 4.84 Å². The van der Waals surface area contributed by atoms with E-state index in [4.69, 9.17) is 9.57 Å². The molecule has 0 saturated carbocycles. The van der Waals surface area contributed by atoms with Crippen molar-refractivity contribution < 1.29 is 19.5 Å². The third-order valence-electron chi connectivity index (χ3n) is 1.28. The van der Waals surface area contributed by atoms with E-state index in [1.54, 1.807) is 13.8 Å². The average molecular weight is 189 g/mol. The number of nitrogens with zero attached hydrogens (tertiary/aromatic N) is 4. The highest BCUT2D eigenvalue weighted by atomic mass is 16.8. The van der Waals surface area contributed by atoms with Crippen LogP contribution >= 0.6 is 0 Å². The molecule has 7 heteroatoms. The monoisotopic (exact) mass is 189 g/mol. The van der Waals surface area contributed by atoms with Crippen LogP contribution in [-0.2, 0) is 9.57 Å². The molecule has 0 aromatic rings. The van der Waals surface area contributed by atoms with Crippen molar-refractivity contribution in [1.82, 2.24) is 0 Å². The van der Waals surface area contributed by atoms with Crippen molar-refractivity contribution in [2.24, 2.45) is 15.3 Å². The van der Waals surface area contributed by atoms with Gasteiger partial charge in [-0.15, -0.1) is 5.11 Å². The average Bonchev–Trinajstić information content (AvgIpc) is 2.04. The molecule has 0 aromatic carbocycles. The van der Waals surface area contributed by atoms with Crippen molar-refractivity contribution in [2.75, 3.05) is 13.8 Å². The molecule has 1 heterocycles. The standard InChI is InChI=1S/C6H13N4O3/c1-6(2,11)10-9-5(8-7-3)12-4-13-10/h5,11H,4H2,1-3H3/q+1. The quantitative estimate of drug-likeness (QED) is 0.506. The Kier molecular flexibility index (Phi) is 2.89. The molecular formula is C6H13N4O3+. The van der Waals surface area contributed by atoms with Crippen molar-refractivity contribution in [3.63, 3.8) is 0 Å². The number of ether oxygens (including phenoxy) is 1. The molecule has 1 unspecified atom stereocenters. The maximum absolute atomic E-state index is 9.51. The van der Waals surface area contributed by atoms with Crippen molar-refractivity contribution in [3.8, 4) is 0 Å². The van der Waals surface area contributed by atoms with Crippen molar-refractivity contribution in [1.29, 1.82) is 0 Å². The van der Waals surface area contributed by atoms with Gasteiger partial charge in [0.2, 0.25) is 0 Å². The fourth-order valence-corrected chi connectivity index (χ4v) is 0.752. The van der Waals surface area contributed by atoms with Crippen LogP contribution in [0.3, 0.4) is 0 Å². The molecule has 1 aliphatic heterocycles. The van der Waals surface area contributed by atoms with E-state index < -0.39 is 12.1 Å². The molecule has 1 rings (SSSR count). The number of aliphatic hydroxyl groups is 1. The lowest BCUT2D eigenvalue weighted by Crippen LogP contribution is -2.39. The highest BCUT2D eigenvalue weighted by Crippen LogP contribution is 2.12. The predicted octanol–water partition coefficient (Wildman–Crippen LogP) is 0.464. The van der Waals surface area contributed by atoms with Gasteiger partial charge in [0.05, 0.1) is 5.11 Å². The normalized spacial score (nSPS) is 24.3. The minimum Gasteiger partial charge on any atom is -0.330 e. The van der Waals surface area contributed by atoms with Crippen molar-refractivity contribution in [2.45, 2.75) is 25.9 Å². The molecule has 0 fully saturated rings. The van der Waals surface area contributed by atoms with E-state index in [0.717, 1.165) is 4.86 Å². The van der Waals surface area contributed by atoms with Gasteiger partial charge in [-0.2, -0.15) is 5.11 Å². The summed E-state index contributed by atoms with van der Waals surface area (Å²) in [5.41, 5.74) is -1.19. The topological polar surface area (TPSA) is 78.8 Å². The Balaban J connectivity index is 2.75. The molecule has 0 amide bonds. The van der Waals surface area contributed by atoms with Gasteiger partial charge in [0, 0.05) is 20.9 Å². The zero-order valence-corrected chi connectivity index (χ0v) is 7.84. The zero-order valence-electron chi connectivity index (χ0n) is 7.84. The van der Waals surface area contributed by atoms with E-state index in [2.05, 4.69) is 15.3 Å². The lowest BCUT2D eigenvalue weighted by Gasteiger charge is -2.16. The molecule has 74 valence electrons. The van der Waals surface area contributed by atoms with E-state index in [1.807, 2.05) is 0 Å². The molecule has 7 nitrogen and oxygen atoms in total. The van der Waals surface area contributed by atoms with Crippen molar-refractivity contribution >= 4 is 0 Å². The molecule has 13 heavy (non-hydrogen) atoms. The van der Waals surface area contributed by atoms with Gasteiger partial charge in [0.25, 0.3) is 6.79 Å². The fraction of sp³-hybridized carbons (Fsp3) is 1.00.